The summed E-state index contributed by atoms with van der Waals surface area (Å²) in [5, 5.41) is 0. The second kappa shape index (κ2) is 9.10. The summed E-state index contributed by atoms with van der Waals surface area (Å²) in [7, 11) is 1.91. The summed E-state index contributed by atoms with van der Waals surface area (Å²) in [6.45, 7) is 4.56. The fraction of sp³-hybridized carbons (Fsp3) is 0.400. The van der Waals surface area contributed by atoms with E-state index in [0.29, 0.717) is 17.8 Å². The van der Waals surface area contributed by atoms with E-state index in [0.717, 1.165) is 55.5 Å². The van der Waals surface area contributed by atoms with E-state index in [9.17, 15) is 14.0 Å². The molecule has 1 aromatic heterocycles. The molecule has 0 radical (unpaired) electrons. The van der Waals surface area contributed by atoms with Crippen LogP contribution in [0.3, 0.4) is 0 Å². The fourth-order valence-corrected chi connectivity index (χ4v) is 4.37. The van der Waals surface area contributed by atoms with E-state index in [1.165, 1.54) is 24.3 Å². The number of carbonyl (C=O) groups excluding carboxylic acids is 2. The molecule has 0 unspecified atom stereocenters. The summed E-state index contributed by atoms with van der Waals surface area (Å²) in [6, 6.07) is 11.8. The first-order valence-corrected chi connectivity index (χ1v) is 10.9. The molecular formula is C25H28FN3O2. The molecule has 3 aromatic rings. The molecule has 31 heavy (non-hydrogen) atoms. The quantitative estimate of drug-likeness (QED) is 0.524. The van der Waals surface area contributed by atoms with E-state index in [4.69, 9.17) is 0 Å². The smallest absolute Gasteiger partial charge is 0.201 e. The van der Waals surface area contributed by atoms with Crippen LogP contribution < -0.4 is 0 Å². The highest BCUT2D eigenvalue weighted by Gasteiger charge is 2.28. The van der Waals surface area contributed by atoms with Crippen molar-refractivity contribution in [3.63, 3.8) is 0 Å². The van der Waals surface area contributed by atoms with Crippen LogP contribution in [-0.2, 0) is 7.05 Å². The van der Waals surface area contributed by atoms with E-state index < -0.39 is 0 Å². The number of aromatic nitrogens is 2. The molecule has 4 rings (SSSR count). The molecule has 1 aliphatic heterocycles. The van der Waals surface area contributed by atoms with Crippen LogP contribution in [0.4, 0.5) is 4.39 Å². The van der Waals surface area contributed by atoms with Gasteiger partial charge in [0, 0.05) is 24.9 Å². The molecule has 1 saturated heterocycles. The Morgan fingerprint density at radius 3 is 2.52 bits per heavy atom. The van der Waals surface area contributed by atoms with Gasteiger partial charge in [-0.3, -0.25) is 9.59 Å². The lowest BCUT2D eigenvalue weighted by molar-refractivity contribution is 0.0824. The van der Waals surface area contributed by atoms with Crippen LogP contribution in [-0.4, -0.2) is 45.7 Å². The van der Waals surface area contributed by atoms with Crippen LogP contribution in [0.25, 0.3) is 11.0 Å². The highest BCUT2D eigenvalue weighted by atomic mass is 19.1. The van der Waals surface area contributed by atoms with Crippen LogP contribution in [0.15, 0.2) is 42.5 Å². The third-order valence-corrected chi connectivity index (χ3v) is 6.26. The highest BCUT2D eigenvalue weighted by molar-refractivity contribution is 5.98. The van der Waals surface area contributed by atoms with Crippen molar-refractivity contribution in [2.45, 2.75) is 32.6 Å². The van der Waals surface area contributed by atoms with Gasteiger partial charge in [-0.1, -0.05) is 6.07 Å². The van der Waals surface area contributed by atoms with Crippen LogP contribution in [0.5, 0.6) is 0 Å². The van der Waals surface area contributed by atoms with Crippen LogP contribution >= 0.6 is 0 Å². The Hall–Kier alpha value is -2.86. The molecule has 1 aliphatic rings. The Balaban J connectivity index is 1.28. The van der Waals surface area contributed by atoms with Gasteiger partial charge in [-0.05, 0) is 87.8 Å². The number of aryl methyl sites for hydroxylation is 2. The highest BCUT2D eigenvalue weighted by Crippen LogP contribution is 2.24. The maximum absolute atomic E-state index is 13.1. The monoisotopic (exact) mass is 421 g/mol. The molecular weight excluding hydrogens is 393 g/mol. The molecule has 162 valence electrons. The number of carbonyl (C=O) groups is 2. The topological polar surface area (TPSA) is 55.2 Å². The maximum Gasteiger partial charge on any atom is 0.201 e. The Morgan fingerprint density at radius 2 is 1.81 bits per heavy atom. The summed E-state index contributed by atoms with van der Waals surface area (Å²) in [6.07, 6.45) is 2.84. The predicted octanol–water partition coefficient (Wildman–Crippen LogP) is 4.58. The summed E-state index contributed by atoms with van der Waals surface area (Å²) in [5.74, 6) is 0.380. The van der Waals surface area contributed by atoms with Crippen molar-refractivity contribution >= 4 is 22.6 Å². The molecule has 0 amide bonds. The first-order valence-electron chi connectivity index (χ1n) is 10.9. The SMILES string of the molecule is Cc1ccc2c(c1)nc(C(=O)C1CCN(CCCC(=O)c3ccc(F)cc3)CC1)n2C. The van der Waals surface area contributed by atoms with Gasteiger partial charge in [-0.25, -0.2) is 9.37 Å². The van der Waals surface area contributed by atoms with Gasteiger partial charge in [0.05, 0.1) is 11.0 Å². The van der Waals surface area contributed by atoms with Crippen molar-refractivity contribution in [2.24, 2.45) is 13.0 Å². The second-order valence-electron chi connectivity index (χ2n) is 8.50. The number of ketones is 2. The number of benzene rings is 2. The van der Waals surface area contributed by atoms with Crippen LogP contribution in [0, 0.1) is 18.7 Å². The van der Waals surface area contributed by atoms with Crippen LogP contribution in [0.1, 0.15) is 52.2 Å². The van der Waals surface area contributed by atoms with Crippen molar-refractivity contribution in [2.75, 3.05) is 19.6 Å². The number of halogens is 1. The zero-order valence-corrected chi connectivity index (χ0v) is 18.1. The largest absolute Gasteiger partial charge is 0.325 e. The third kappa shape index (κ3) is 4.74. The summed E-state index contributed by atoms with van der Waals surface area (Å²) < 4.78 is 14.9. The third-order valence-electron chi connectivity index (χ3n) is 6.26. The Kier molecular flexibility index (Phi) is 6.28. The van der Waals surface area contributed by atoms with Gasteiger partial charge < -0.3 is 9.47 Å². The molecule has 2 heterocycles. The molecule has 6 heteroatoms. The van der Waals surface area contributed by atoms with Gasteiger partial charge in [0.15, 0.2) is 11.6 Å². The van der Waals surface area contributed by atoms with Gasteiger partial charge in [0.2, 0.25) is 5.78 Å². The second-order valence-corrected chi connectivity index (χ2v) is 8.50. The van der Waals surface area contributed by atoms with Crippen molar-refractivity contribution < 1.29 is 14.0 Å². The zero-order valence-electron chi connectivity index (χ0n) is 18.1. The van der Waals surface area contributed by atoms with Crippen molar-refractivity contribution in [1.82, 2.24) is 14.5 Å². The number of imidazole rings is 1. The molecule has 0 spiro atoms. The lowest BCUT2D eigenvalue weighted by atomic mass is 9.92. The number of piperidine rings is 1. The van der Waals surface area contributed by atoms with Crippen LogP contribution in [0.2, 0.25) is 0 Å². The van der Waals surface area contributed by atoms with E-state index in [2.05, 4.69) is 9.88 Å². The number of hydrogen-bond acceptors (Lipinski definition) is 4. The maximum atomic E-state index is 13.1. The Labute approximate surface area is 181 Å². The minimum absolute atomic E-state index is 0.00583. The minimum atomic E-state index is -0.331. The van der Waals surface area contributed by atoms with E-state index in [1.54, 1.807) is 0 Å². The van der Waals surface area contributed by atoms with E-state index >= 15 is 0 Å². The normalized spacial score (nSPS) is 15.5. The Bertz CT molecular complexity index is 1100. The number of Topliss-reactive ketones (excluding diaryl/α,β-unsaturated/α-hetero) is 2. The number of fused-ring (bicyclic) bond motifs is 1. The molecule has 0 N–H and O–H groups in total. The zero-order chi connectivity index (χ0) is 22.0. The van der Waals surface area contributed by atoms with Crippen molar-refractivity contribution in [3.8, 4) is 0 Å². The van der Waals surface area contributed by atoms with Gasteiger partial charge >= 0.3 is 0 Å². The molecule has 0 bridgehead atoms. The van der Waals surface area contributed by atoms with Gasteiger partial charge in [0.25, 0.3) is 0 Å². The fourth-order valence-electron chi connectivity index (χ4n) is 4.37. The molecule has 2 aromatic carbocycles. The average molecular weight is 422 g/mol. The lowest BCUT2D eigenvalue weighted by Crippen LogP contribution is -2.37. The summed E-state index contributed by atoms with van der Waals surface area (Å²) in [5.41, 5.74) is 3.55. The molecule has 1 fully saturated rings. The number of rotatable bonds is 7. The Morgan fingerprint density at radius 1 is 1.10 bits per heavy atom. The molecule has 0 saturated carbocycles. The summed E-state index contributed by atoms with van der Waals surface area (Å²) in [4.78, 5) is 32.2. The number of likely N-dealkylation sites (tertiary alicyclic amines) is 1. The van der Waals surface area contributed by atoms with Crippen molar-refractivity contribution in [1.29, 1.82) is 0 Å². The first kappa shape index (κ1) is 21.4. The van der Waals surface area contributed by atoms with Crippen molar-refractivity contribution in [3.05, 3.63) is 65.2 Å². The average Bonchev–Trinajstić information content (AvgIpc) is 3.09. The standard InChI is InChI=1S/C25H28FN3O2/c1-17-5-10-22-21(16-17)27-25(28(22)2)24(31)19-11-14-29(15-12-19)13-3-4-23(30)18-6-8-20(26)9-7-18/h5-10,16,19H,3-4,11-15H2,1-2H3. The van der Waals surface area contributed by atoms with Gasteiger partial charge in [0.1, 0.15) is 5.82 Å². The lowest BCUT2D eigenvalue weighted by Gasteiger charge is -2.31. The summed E-state index contributed by atoms with van der Waals surface area (Å²) >= 11 is 0. The van der Waals surface area contributed by atoms with Gasteiger partial charge in [-0.15, -0.1) is 0 Å². The first-order chi connectivity index (χ1) is 14.9. The van der Waals surface area contributed by atoms with E-state index in [1.807, 2.05) is 36.7 Å². The number of nitrogens with zero attached hydrogens (tertiary/aromatic N) is 3. The molecule has 0 atom stereocenters. The minimum Gasteiger partial charge on any atom is -0.325 e. The van der Waals surface area contributed by atoms with E-state index in [-0.39, 0.29) is 23.3 Å². The predicted molar refractivity (Wildman–Crippen MR) is 119 cm³/mol. The number of hydrogen-bond donors (Lipinski definition) is 0. The molecule has 0 aliphatic carbocycles. The van der Waals surface area contributed by atoms with Gasteiger partial charge in [-0.2, -0.15) is 0 Å². The molecule has 5 nitrogen and oxygen atoms in total.